The highest BCUT2D eigenvalue weighted by Gasteiger charge is 2.12. The molecule has 3 aromatic carbocycles. The summed E-state index contributed by atoms with van der Waals surface area (Å²) in [4.78, 5) is 24.7. The van der Waals surface area contributed by atoms with Gasteiger partial charge in [0.05, 0.1) is 19.9 Å². The third-order valence-electron chi connectivity index (χ3n) is 4.17. The van der Waals surface area contributed by atoms with Crippen LogP contribution in [0.25, 0.3) is 0 Å². The number of carbonyl (C=O) groups is 2. The zero-order valence-electron chi connectivity index (χ0n) is 15.9. The highest BCUT2D eigenvalue weighted by molar-refractivity contribution is 6.06. The minimum atomic E-state index is -0.622. The van der Waals surface area contributed by atoms with E-state index in [-0.39, 0.29) is 17.2 Å². The summed E-state index contributed by atoms with van der Waals surface area (Å²) in [5, 5.41) is 5.43. The Morgan fingerprint density at radius 1 is 0.759 bits per heavy atom. The van der Waals surface area contributed by atoms with Gasteiger partial charge < -0.3 is 20.1 Å². The van der Waals surface area contributed by atoms with E-state index in [9.17, 15) is 14.0 Å². The Balaban J connectivity index is 1.67. The summed E-state index contributed by atoms with van der Waals surface area (Å²) in [6, 6.07) is 17.4. The van der Waals surface area contributed by atoms with Crippen LogP contribution in [0, 0.1) is 5.82 Å². The molecule has 29 heavy (non-hydrogen) atoms. The molecule has 0 fully saturated rings. The van der Waals surface area contributed by atoms with Crippen LogP contribution in [0.1, 0.15) is 20.7 Å². The van der Waals surface area contributed by atoms with Crippen LogP contribution in [-0.2, 0) is 0 Å². The Morgan fingerprint density at radius 3 is 2.03 bits per heavy atom. The van der Waals surface area contributed by atoms with Crippen LogP contribution in [0.3, 0.4) is 0 Å². The van der Waals surface area contributed by atoms with Crippen molar-refractivity contribution in [2.45, 2.75) is 0 Å². The normalized spacial score (nSPS) is 10.2. The molecule has 0 radical (unpaired) electrons. The zero-order chi connectivity index (χ0) is 20.8. The van der Waals surface area contributed by atoms with Crippen LogP contribution in [0.15, 0.2) is 66.7 Å². The van der Waals surface area contributed by atoms with E-state index in [4.69, 9.17) is 9.47 Å². The Kier molecular flexibility index (Phi) is 6.09. The second-order valence-electron chi connectivity index (χ2n) is 6.04. The van der Waals surface area contributed by atoms with E-state index in [0.717, 1.165) is 6.07 Å². The lowest BCUT2D eigenvalue weighted by Crippen LogP contribution is -2.14. The van der Waals surface area contributed by atoms with E-state index < -0.39 is 11.7 Å². The fourth-order valence-corrected chi connectivity index (χ4v) is 2.66. The van der Waals surface area contributed by atoms with Crippen LogP contribution in [-0.4, -0.2) is 26.0 Å². The van der Waals surface area contributed by atoms with Crippen molar-refractivity contribution in [3.05, 3.63) is 83.7 Å². The van der Waals surface area contributed by atoms with Gasteiger partial charge in [-0.05, 0) is 54.6 Å². The number of nitrogens with one attached hydrogen (secondary N) is 2. The quantitative estimate of drug-likeness (QED) is 0.652. The van der Waals surface area contributed by atoms with Gasteiger partial charge in [-0.2, -0.15) is 0 Å². The summed E-state index contributed by atoms with van der Waals surface area (Å²) in [7, 11) is 2.88. The van der Waals surface area contributed by atoms with Crippen LogP contribution in [0.4, 0.5) is 15.8 Å². The van der Waals surface area contributed by atoms with Crippen molar-refractivity contribution >= 4 is 23.2 Å². The maximum atomic E-state index is 13.8. The number of anilines is 2. The van der Waals surface area contributed by atoms with Crippen molar-refractivity contribution in [2.75, 3.05) is 24.9 Å². The molecule has 0 spiro atoms. The van der Waals surface area contributed by atoms with E-state index >= 15 is 0 Å². The van der Waals surface area contributed by atoms with Gasteiger partial charge in [0.25, 0.3) is 11.8 Å². The van der Waals surface area contributed by atoms with Crippen molar-refractivity contribution in [3.63, 3.8) is 0 Å². The number of hydrogen-bond acceptors (Lipinski definition) is 4. The number of rotatable bonds is 6. The molecule has 0 aromatic heterocycles. The standard InChI is InChI=1S/C22H19FN2O4/c1-28-19-12-9-15(13-17(19)23)22(27)24-16-10-7-14(8-11-16)21(26)25-18-5-3-4-6-20(18)29-2/h3-13H,1-2H3,(H,24,27)(H,25,26). The molecule has 0 saturated heterocycles. The minimum Gasteiger partial charge on any atom is -0.495 e. The van der Waals surface area contributed by atoms with Gasteiger partial charge in [0.2, 0.25) is 0 Å². The van der Waals surface area contributed by atoms with E-state index in [1.807, 2.05) is 0 Å². The van der Waals surface area contributed by atoms with E-state index in [1.165, 1.54) is 26.4 Å². The van der Waals surface area contributed by atoms with Gasteiger partial charge in [0, 0.05) is 16.8 Å². The molecular weight excluding hydrogens is 375 g/mol. The van der Waals surface area contributed by atoms with E-state index in [1.54, 1.807) is 48.5 Å². The maximum Gasteiger partial charge on any atom is 0.255 e. The first-order valence-electron chi connectivity index (χ1n) is 8.71. The smallest absolute Gasteiger partial charge is 0.255 e. The zero-order valence-corrected chi connectivity index (χ0v) is 15.9. The number of ether oxygens (including phenoxy) is 2. The van der Waals surface area contributed by atoms with Gasteiger partial charge in [-0.3, -0.25) is 9.59 Å². The molecule has 0 aliphatic heterocycles. The molecule has 2 amide bonds. The third-order valence-corrected chi connectivity index (χ3v) is 4.17. The fourth-order valence-electron chi connectivity index (χ4n) is 2.66. The number of carbonyl (C=O) groups excluding carboxylic acids is 2. The summed E-state index contributed by atoms with van der Waals surface area (Å²) in [6.45, 7) is 0. The SMILES string of the molecule is COc1ccc(C(=O)Nc2ccc(C(=O)Nc3ccccc3OC)cc2)cc1F. The Morgan fingerprint density at radius 2 is 1.38 bits per heavy atom. The molecule has 148 valence electrons. The van der Waals surface area contributed by atoms with E-state index in [2.05, 4.69) is 10.6 Å². The largest absolute Gasteiger partial charge is 0.495 e. The van der Waals surface area contributed by atoms with Crippen molar-refractivity contribution in [1.82, 2.24) is 0 Å². The molecule has 0 heterocycles. The second kappa shape index (κ2) is 8.88. The molecule has 0 aliphatic rings. The number of halogens is 1. The maximum absolute atomic E-state index is 13.8. The van der Waals surface area contributed by atoms with Crippen LogP contribution < -0.4 is 20.1 Å². The van der Waals surface area contributed by atoms with Gasteiger partial charge in [0.1, 0.15) is 5.75 Å². The molecule has 0 unspecified atom stereocenters. The van der Waals surface area contributed by atoms with Crippen LogP contribution in [0.5, 0.6) is 11.5 Å². The summed E-state index contributed by atoms with van der Waals surface area (Å²) in [6.07, 6.45) is 0. The Bertz CT molecular complexity index is 1040. The average molecular weight is 394 g/mol. The highest BCUT2D eigenvalue weighted by atomic mass is 19.1. The number of benzene rings is 3. The molecule has 3 aromatic rings. The molecule has 2 N–H and O–H groups in total. The highest BCUT2D eigenvalue weighted by Crippen LogP contribution is 2.24. The van der Waals surface area contributed by atoms with Gasteiger partial charge >= 0.3 is 0 Å². The Labute approximate surface area is 167 Å². The van der Waals surface area contributed by atoms with Gasteiger partial charge in [-0.15, -0.1) is 0 Å². The molecule has 7 heteroatoms. The van der Waals surface area contributed by atoms with Crippen molar-refractivity contribution in [3.8, 4) is 11.5 Å². The molecular formula is C22H19FN2O4. The predicted octanol–water partition coefficient (Wildman–Crippen LogP) is 4.35. The topological polar surface area (TPSA) is 76.7 Å². The number of para-hydroxylation sites is 2. The lowest BCUT2D eigenvalue weighted by atomic mass is 10.1. The minimum absolute atomic E-state index is 0.0620. The van der Waals surface area contributed by atoms with E-state index in [0.29, 0.717) is 22.7 Å². The molecule has 0 atom stereocenters. The average Bonchev–Trinajstić information content (AvgIpc) is 2.74. The van der Waals surface area contributed by atoms with Crippen LogP contribution in [0.2, 0.25) is 0 Å². The van der Waals surface area contributed by atoms with Crippen molar-refractivity contribution < 1.29 is 23.5 Å². The molecule has 0 saturated carbocycles. The molecule has 3 rings (SSSR count). The van der Waals surface area contributed by atoms with Gasteiger partial charge in [-0.1, -0.05) is 12.1 Å². The second-order valence-corrected chi connectivity index (χ2v) is 6.04. The first-order valence-corrected chi connectivity index (χ1v) is 8.71. The summed E-state index contributed by atoms with van der Waals surface area (Å²) < 4.78 is 23.8. The van der Waals surface area contributed by atoms with Gasteiger partial charge in [0.15, 0.2) is 11.6 Å². The monoisotopic (exact) mass is 394 g/mol. The molecule has 0 aliphatic carbocycles. The summed E-state index contributed by atoms with van der Waals surface area (Å²) >= 11 is 0. The first-order chi connectivity index (χ1) is 14.0. The Hall–Kier alpha value is -3.87. The number of methoxy groups -OCH3 is 2. The van der Waals surface area contributed by atoms with Crippen molar-refractivity contribution in [2.24, 2.45) is 0 Å². The number of amides is 2. The third kappa shape index (κ3) is 4.70. The summed E-state index contributed by atoms with van der Waals surface area (Å²) in [5.41, 5.74) is 1.59. The summed E-state index contributed by atoms with van der Waals surface area (Å²) in [5.74, 6) is -0.797. The van der Waals surface area contributed by atoms with Crippen molar-refractivity contribution in [1.29, 1.82) is 0 Å². The van der Waals surface area contributed by atoms with Crippen LogP contribution >= 0.6 is 0 Å². The first kappa shape index (κ1) is 19.9. The lowest BCUT2D eigenvalue weighted by molar-refractivity contribution is 0.101. The number of hydrogen-bond donors (Lipinski definition) is 2. The van der Waals surface area contributed by atoms with Gasteiger partial charge in [-0.25, -0.2) is 4.39 Å². The fraction of sp³-hybridized carbons (Fsp3) is 0.0909. The predicted molar refractivity (Wildman–Crippen MR) is 108 cm³/mol. The molecule has 0 bridgehead atoms. The lowest BCUT2D eigenvalue weighted by Gasteiger charge is -2.10. The molecule has 6 nitrogen and oxygen atoms in total.